The molecule has 208 valence electrons. The lowest BCUT2D eigenvalue weighted by Crippen LogP contribution is -2.50. The molecule has 3 heterocycles. The standard InChI is InChI=1S/C41H34N2/c1-26-11-7-20-37-41(34-17-5-3-14-30(34)31-15-4-6-18-35(31)41)38-21-10-24-40(2,43-38)33-19-9-12-27-22-23-28-13-8-16-29(26)39(28)36(42-37)25-32(27)33/h3-21,24,36,43H,22-23,25H2,1-2H3/b20-7-,26-11+,42-37-. The minimum absolute atomic E-state index is 0.00342. The van der Waals surface area contributed by atoms with Crippen LogP contribution in [0, 0.1) is 0 Å². The van der Waals surface area contributed by atoms with Crippen molar-refractivity contribution in [3.05, 3.63) is 172 Å². The summed E-state index contributed by atoms with van der Waals surface area (Å²) in [6.07, 6.45) is 16.7. The lowest BCUT2D eigenvalue weighted by Gasteiger charge is -2.44. The lowest BCUT2D eigenvalue weighted by molar-refractivity contribution is 0.463. The van der Waals surface area contributed by atoms with Crippen molar-refractivity contribution in [1.82, 2.24) is 5.32 Å². The Labute approximate surface area is 253 Å². The predicted molar refractivity (Wildman–Crippen MR) is 177 cm³/mol. The Balaban J connectivity index is 1.46. The van der Waals surface area contributed by atoms with Crippen LogP contribution in [-0.4, -0.2) is 5.71 Å². The van der Waals surface area contributed by atoms with E-state index in [0.717, 1.165) is 25.0 Å². The summed E-state index contributed by atoms with van der Waals surface area (Å²) >= 11 is 0. The molecule has 4 aromatic rings. The third-order valence-electron chi connectivity index (χ3n) is 10.6. The number of allylic oxidation sites excluding steroid dienone is 7. The van der Waals surface area contributed by atoms with Gasteiger partial charge >= 0.3 is 0 Å². The van der Waals surface area contributed by atoms with Gasteiger partial charge in [-0.25, -0.2) is 0 Å². The number of benzene rings is 4. The molecule has 0 saturated heterocycles. The average Bonchev–Trinajstić information content (AvgIpc) is 3.35. The van der Waals surface area contributed by atoms with Crippen molar-refractivity contribution in [1.29, 1.82) is 0 Å². The molecule has 9 rings (SSSR count). The maximum absolute atomic E-state index is 5.96. The van der Waals surface area contributed by atoms with Gasteiger partial charge in [0.15, 0.2) is 0 Å². The molecule has 3 aliphatic heterocycles. The topological polar surface area (TPSA) is 24.4 Å². The molecule has 43 heavy (non-hydrogen) atoms. The number of aryl methyl sites for hydroxylation is 2. The molecule has 2 atom stereocenters. The molecule has 5 aliphatic rings. The highest BCUT2D eigenvalue weighted by Gasteiger charge is 2.52. The third kappa shape index (κ3) is 3.32. The Morgan fingerprint density at radius 2 is 1.40 bits per heavy atom. The molecule has 0 saturated carbocycles. The summed E-state index contributed by atoms with van der Waals surface area (Å²) in [5, 5.41) is 4.16. The van der Waals surface area contributed by atoms with Crippen LogP contribution >= 0.6 is 0 Å². The smallest absolute Gasteiger partial charge is 0.103 e. The Kier molecular flexibility index (Phi) is 5.15. The maximum atomic E-state index is 5.96. The largest absolute Gasteiger partial charge is 0.374 e. The van der Waals surface area contributed by atoms with Gasteiger partial charge in [-0.2, -0.15) is 0 Å². The van der Waals surface area contributed by atoms with Crippen LogP contribution in [0.5, 0.6) is 0 Å². The molecule has 0 radical (unpaired) electrons. The van der Waals surface area contributed by atoms with Crippen molar-refractivity contribution < 1.29 is 0 Å². The summed E-state index contributed by atoms with van der Waals surface area (Å²) in [5.74, 6) is 0. The molecular weight excluding hydrogens is 520 g/mol. The van der Waals surface area contributed by atoms with Crippen LogP contribution in [0.25, 0.3) is 16.7 Å². The number of nitrogens with zero attached hydrogens (tertiary/aromatic N) is 1. The second kappa shape index (κ2) is 8.91. The molecule has 2 unspecified atom stereocenters. The highest BCUT2D eigenvalue weighted by Crippen LogP contribution is 2.55. The van der Waals surface area contributed by atoms with Crippen molar-refractivity contribution >= 4 is 11.3 Å². The molecule has 2 aliphatic carbocycles. The fourth-order valence-electron chi connectivity index (χ4n) is 8.66. The van der Waals surface area contributed by atoms with Crippen LogP contribution in [0.4, 0.5) is 0 Å². The van der Waals surface area contributed by atoms with E-state index in [1.54, 1.807) is 0 Å². The van der Waals surface area contributed by atoms with Gasteiger partial charge in [0.1, 0.15) is 5.41 Å². The molecule has 4 aromatic carbocycles. The van der Waals surface area contributed by atoms with Crippen molar-refractivity contribution in [2.24, 2.45) is 4.99 Å². The maximum Gasteiger partial charge on any atom is 0.103 e. The number of hydrogen-bond donors (Lipinski definition) is 1. The predicted octanol–water partition coefficient (Wildman–Crippen LogP) is 8.72. The highest BCUT2D eigenvalue weighted by atomic mass is 15.0. The minimum Gasteiger partial charge on any atom is -0.374 e. The van der Waals surface area contributed by atoms with E-state index in [9.17, 15) is 0 Å². The van der Waals surface area contributed by atoms with Crippen LogP contribution in [0.3, 0.4) is 0 Å². The zero-order valence-electron chi connectivity index (χ0n) is 24.7. The van der Waals surface area contributed by atoms with E-state index in [0.29, 0.717) is 0 Å². The van der Waals surface area contributed by atoms with Gasteiger partial charge in [-0.3, -0.25) is 4.99 Å². The molecule has 2 heteroatoms. The van der Waals surface area contributed by atoms with Crippen LogP contribution < -0.4 is 5.32 Å². The second-order valence-corrected chi connectivity index (χ2v) is 12.9. The van der Waals surface area contributed by atoms with Crippen LogP contribution in [0.2, 0.25) is 0 Å². The second-order valence-electron chi connectivity index (χ2n) is 12.9. The Morgan fingerprint density at radius 3 is 2.21 bits per heavy atom. The van der Waals surface area contributed by atoms with Gasteiger partial charge < -0.3 is 5.32 Å². The first-order valence-electron chi connectivity index (χ1n) is 15.6. The Hall–Kier alpha value is -4.69. The normalized spacial score (nSPS) is 26.5. The summed E-state index contributed by atoms with van der Waals surface area (Å²) in [4.78, 5) is 5.96. The van der Waals surface area contributed by atoms with E-state index in [1.165, 1.54) is 66.9 Å². The number of hydrogen-bond acceptors (Lipinski definition) is 2. The van der Waals surface area contributed by atoms with E-state index >= 15 is 0 Å². The van der Waals surface area contributed by atoms with Gasteiger partial charge in [-0.15, -0.1) is 0 Å². The fraction of sp³-hybridized carbons (Fsp3) is 0.195. The van der Waals surface area contributed by atoms with Gasteiger partial charge in [0.05, 0.1) is 17.3 Å². The van der Waals surface area contributed by atoms with Crippen LogP contribution in [0.15, 0.2) is 132 Å². The number of dihydropyridines is 1. The van der Waals surface area contributed by atoms with Crippen molar-refractivity contribution in [3.63, 3.8) is 0 Å². The van der Waals surface area contributed by atoms with Gasteiger partial charge in [0.2, 0.25) is 0 Å². The quantitative estimate of drug-likeness (QED) is 0.231. The number of aliphatic imine (C=N–C) groups is 1. The molecule has 0 aromatic heterocycles. The SMILES string of the molecule is C\C1=C/C=C\C2=N\C3Cc4c(cccc4C4(C)C=CC=C(N4)C24c2ccccc2-c2ccccc24)CCc2cccc1c23. The number of nitrogens with one attached hydrogen (secondary N) is 1. The molecule has 0 amide bonds. The molecular formula is C41H34N2. The lowest BCUT2D eigenvalue weighted by atomic mass is 9.68. The minimum atomic E-state index is -0.575. The Morgan fingerprint density at radius 1 is 0.721 bits per heavy atom. The summed E-state index contributed by atoms with van der Waals surface area (Å²) in [6.45, 7) is 4.62. The monoisotopic (exact) mass is 554 g/mol. The molecule has 2 nitrogen and oxygen atoms in total. The van der Waals surface area contributed by atoms with Crippen molar-refractivity contribution in [2.75, 3.05) is 0 Å². The number of fused-ring (bicyclic) bond motifs is 10. The molecule has 5 bridgehead atoms. The Bertz CT molecular complexity index is 1970. The van der Waals surface area contributed by atoms with Gasteiger partial charge in [0, 0.05) is 5.70 Å². The van der Waals surface area contributed by atoms with Crippen LogP contribution in [-0.2, 0) is 30.2 Å². The first kappa shape index (κ1) is 24.9. The molecule has 1 spiro atoms. The van der Waals surface area contributed by atoms with E-state index in [-0.39, 0.29) is 11.6 Å². The summed E-state index contributed by atoms with van der Waals surface area (Å²) in [7, 11) is 0. The summed E-state index contributed by atoms with van der Waals surface area (Å²) in [5.41, 5.74) is 16.2. The third-order valence-corrected chi connectivity index (χ3v) is 10.6. The first-order valence-corrected chi connectivity index (χ1v) is 15.6. The average molecular weight is 555 g/mol. The fourth-order valence-corrected chi connectivity index (χ4v) is 8.66. The van der Waals surface area contributed by atoms with Crippen LogP contribution in [0.1, 0.15) is 64.4 Å². The van der Waals surface area contributed by atoms with E-state index < -0.39 is 5.41 Å². The zero-order chi connectivity index (χ0) is 28.8. The highest BCUT2D eigenvalue weighted by molar-refractivity contribution is 6.13. The zero-order valence-corrected chi connectivity index (χ0v) is 24.7. The van der Waals surface area contributed by atoms with E-state index in [4.69, 9.17) is 4.99 Å². The summed E-state index contributed by atoms with van der Waals surface area (Å²) in [6, 6.07) is 31.8. The van der Waals surface area contributed by atoms with Gasteiger partial charge in [0.25, 0.3) is 0 Å². The van der Waals surface area contributed by atoms with Crippen molar-refractivity contribution in [3.8, 4) is 11.1 Å². The summed E-state index contributed by atoms with van der Waals surface area (Å²) < 4.78 is 0. The first-order chi connectivity index (χ1) is 21.1. The van der Waals surface area contributed by atoms with Crippen molar-refractivity contribution in [2.45, 2.75) is 50.1 Å². The van der Waals surface area contributed by atoms with E-state index in [2.05, 4.69) is 141 Å². The molecule has 0 fully saturated rings. The number of rotatable bonds is 0. The molecule has 1 N–H and O–H groups in total. The van der Waals surface area contributed by atoms with E-state index in [1.807, 2.05) is 0 Å². The van der Waals surface area contributed by atoms with Gasteiger partial charge in [-0.1, -0.05) is 109 Å². The van der Waals surface area contributed by atoms with Gasteiger partial charge in [-0.05, 0) is 106 Å².